The summed E-state index contributed by atoms with van der Waals surface area (Å²) in [5.74, 6) is 0.307. The van der Waals surface area contributed by atoms with Crippen LogP contribution in [0.1, 0.15) is 38.5 Å². The first-order valence-electron chi connectivity index (χ1n) is 8.97. The zero-order valence-corrected chi connectivity index (χ0v) is 14.8. The van der Waals surface area contributed by atoms with Crippen molar-refractivity contribution in [3.05, 3.63) is 0 Å². The Labute approximate surface area is 144 Å². The van der Waals surface area contributed by atoms with E-state index in [-0.39, 0.29) is 42.6 Å². The van der Waals surface area contributed by atoms with E-state index in [0.29, 0.717) is 13.1 Å². The minimum Gasteiger partial charge on any atom is -0.394 e. The molecule has 2 aliphatic rings. The van der Waals surface area contributed by atoms with Crippen LogP contribution in [0.25, 0.3) is 0 Å². The molecular formula is C17H31N3O4. The number of hydrogen-bond acceptors (Lipinski definition) is 5. The van der Waals surface area contributed by atoms with Gasteiger partial charge in [-0.3, -0.25) is 9.59 Å². The van der Waals surface area contributed by atoms with Gasteiger partial charge in [-0.05, 0) is 46.2 Å². The molecule has 2 amide bonds. The van der Waals surface area contributed by atoms with Gasteiger partial charge in [0.2, 0.25) is 11.8 Å². The van der Waals surface area contributed by atoms with Crippen molar-refractivity contribution in [3.8, 4) is 0 Å². The van der Waals surface area contributed by atoms with E-state index in [1.54, 1.807) is 4.90 Å². The summed E-state index contributed by atoms with van der Waals surface area (Å²) >= 11 is 0. The first-order chi connectivity index (χ1) is 11.5. The maximum Gasteiger partial charge on any atom is 0.234 e. The van der Waals surface area contributed by atoms with Gasteiger partial charge >= 0.3 is 0 Å². The summed E-state index contributed by atoms with van der Waals surface area (Å²) in [7, 11) is 3.68. The van der Waals surface area contributed by atoms with E-state index in [1.807, 2.05) is 14.1 Å². The third kappa shape index (κ3) is 5.72. The Bertz CT molecular complexity index is 426. The highest BCUT2D eigenvalue weighted by molar-refractivity contribution is 5.79. The summed E-state index contributed by atoms with van der Waals surface area (Å²) in [6.45, 7) is 0.818. The number of rotatable bonds is 8. The van der Waals surface area contributed by atoms with Crippen molar-refractivity contribution in [2.24, 2.45) is 5.92 Å². The number of carbonyl (C=O) groups is 2. The molecule has 1 saturated carbocycles. The number of likely N-dealkylation sites (N-methyl/N-ethyl adjacent to an activating group) is 1. The first kappa shape index (κ1) is 19.1. The molecule has 1 aliphatic carbocycles. The lowest BCUT2D eigenvalue weighted by molar-refractivity contribution is -0.130. The number of aliphatic hydroxyl groups excluding tert-OH is 1. The summed E-state index contributed by atoms with van der Waals surface area (Å²) in [6, 6.07) is -0.150. The highest BCUT2D eigenvalue weighted by Crippen LogP contribution is 2.26. The number of carbonyl (C=O) groups excluding carboxylic acids is 2. The van der Waals surface area contributed by atoms with Crippen LogP contribution in [0, 0.1) is 5.92 Å². The number of ether oxygens (including phenoxy) is 1. The van der Waals surface area contributed by atoms with Gasteiger partial charge < -0.3 is 25.4 Å². The predicted octanol–water partition coefficient (Wildman–Crippen LogP) is -0.121. The summed E-state index contributed by atoms with van der Waals surface area (Å²) in [4.78, 5) is 25.5. The second-order valence-corrected chi connectivity index (χ2v) is 7.18. The molecule has 1 heterocycles. The zero-order chi connectivity index (χ0) is 17.5. The third-order valence-corrected chi connectivity index (χ3v) is 4.84. The Balaban J connectivity index is 1.69. The maximum atomic E-state index is 11.9. The molecule has 3 atom stereocenters. The van der Waals surface area contributed by atoms with Gasteiger partial charge in [0.25, 0.3) is 0 Å². The normalized spacial score (nSPS) is 27.6. The second-order valence-electron chi connectivity index (χ2n) is 7.18. The topological polar surface area (TPSA) is 90.9 Å². The minimum atomic E-state index is -0.378. The van der Waals surface area contributed by atoms with Gasteiger partial charge in [-0.1, -0.05) is 6.42 Å². The molecule has 24 heavy (non-hydrogen) atoms. The molecule has 0 radical (unpaired) electrons. The Morgan fingerprint density at radius 2 is 1.96 bits per heavy atom. The van der Waals surface area contributed by atoms with Gasteiger partial charge in [-0.25, -0.2) is 0 Å². The van der Waals surface area contributed by atoms with Gasteiger partial charge in [0, 0.05) is 12.5 Å². The highest BCUT2D eigenvalue weighted by atomic mass is 16.5. The minimum absolute atomic E-state index is 0.0193. The maximum absolute atomic E-state index is 11.9. The smallest absolute Gasteiger partial charge is 0.234 e. The molecule has 3 N–H and O–H groups in total. The van der Waals surface area contributed by atoms with Crippen molar-refractivity contribution in [2.75, 3.05) is 33.8 Å². The van der Waals surface area contributed by atoms with Gasteiger partial charge in [0.05, 0.1) is 25.3 Å². The molecule has 2 rings (SSSR count). The Morgan fingerprint density at radius 1 is 1.21 bits per heavy atom. The fraction of sp³-hybridized carbons (Fsp3) is 0.882. The van der Waals surface area contributed by atoms with Crippen molar-refractivity contribution < 1.29 is 19.4 Å². The quantitative estimate of drug-likeness (QED) is 0.573. The fourth-order valence-corrected chi connectivity index (χ4v) is 3.22. The number of nitrogens with one attached hydrogen (secondary N) is 2. The molecule has 7 heteroatoms. The van der Waals surface area contributed by atoms with E-state index in [2.05, 4.69) is 10.6 Å². The van der Waals surface area contributed by atoms with E-state index >= 15 is 0 Å². The van der Waals surface area contributed by atoms with Crippen LogP contribution >= 0.6 is 0 Å². The standard InChI is InChI=1S/C17H31N3O4/c1-20(2)10-16(22)19-14-7-6-13(24-15(14)11-21)8-9-18-17(23)12-4-3-5-12/h12-15,21H,3-11H2,1-2H3,(H,18,23)(H,19,22)/t13-,14+,15-/m0/s1. The van der Waals surface area contributed by atoms with Gasteiger partial charge in [-0.2, -0.15) is 0 Å². The van der Waals surface area contributed by atoms with Crippen LogP contribution < -0.4 is 10.6 Å². The van der Waals surface area contributed by atoms with Crippen LogP contribution in [0.4, 0.5) is 0 Å². The van der Waals surface area contributed by atoms with Crippen molar-refractivity contribution >= 4 is 11.8 Å². The molecule has 7 nitrogen and oxygen atoms in total. The number of hydrogen-bond donors (Lipinski definition) is 3. The molecule has 0 bridgehead atoms. The van der Waals surface area contributed by atoms with Crippen LogP contribution in [-0.4, -0.2) is 73.9 Å². The SMILES string of the molecule is CN(C)CC(=O)N[C@@H]1CC[C@@H](CCNC(=O)C2CCC2)O[C@H]1CO. The summed E-state index contributed by atoms with van der Waals surface area (Å²) in [5, 5.41) is 15.5. The molecule has 0 aromatic carbocycles. The van der Waals surface area contributed by atoms with E-state index < -0.39 is 0 Å². The van der Waals surface area contributed by atoms with Crippen LogP contribution in [0.2, 0.25) is 0 Å². The molecule has 0 spiro atoms. The summed E-state index contributed by atoms with van der Waals surface area (Å²) in [6.07, 6.45) is 5.16. The lowest BCUT2D eigenvalue weighted by Gasteiger charge is -2.36. The van der Waals surface area contributed by atoms with Crippen molar-refractivity contribution in [1.29, 1.82) is 0 Å². The van der Waals surface area contributed by atoms with Crippen LogP contribution in [0.5, 0.6) is 0 Å². The van der Waals surface area contributed by atoms with Crippen molar-refractivity contribution in [1.82, 2.24) is 15.5 Å². The van der Waals surface area contributed by atoms with Gasteiger partial charge in [-0.15, -0.1) is 0 Å². The lowest BCUT2D eigenvalue weighted by atomic mass is 9.85. The summed E-state index contributed by atoms with van der Waals surface area (Å²) < 4.78 is 5.91. The van der Waals surface area contributed by atoms with E-state index in [0.717, 1.165) is 38.5 Å². The van der Waals surface area contributed by atoms with Crippen LogP contribution in [0.15, 0.2) is 0 Å². The van der Waals surface area contributed by atoms with Crippen LogP contribution in [-0.2, 0) is 14.3 Å². The molecule has 1 saturated heterocycles. The molecular weight excluding hydrogens is 310 g/mol. The predicted molar refractivity (Wildman–Crippen MR) is 90.4 cm³/mol. The average Bonchev–Trinajstić information content (AvgIpc) is 2.45. The number of amides is 2. The van der Waals surface area contributed by atoms with Gasteiger partial charge in [0.1, 0.15) is 6.10 Å². The molecule has 0 aromatic heterocycles. The largest absolute Gasteiger partial charge is 0.394 e. The monoisotopic (exact) mass is 341 g/mol. The Hall–Kier alpha value is -1.18. The second kappa shape index (κ2) is 9.34. The fourth-order valence-electron chi connectivity index (χ4n) is 3.22. The van der Waals surface area contributed by atoms with E-state index in [9.17, 15) is 14.7 Å². The van der Waals surface area contributed by atoms with E-state index in [1.165, 1.54) is 0 Å². The summed E-state index contributed by atoms with van der Waals surface area (Å²) in [5.41, 5.74) is 0. The lowest BCUT2D eigenvalue weighted by Crippen LogP contribution is -2.52. The number of nitrogens with zero attached hydrogens (tertiary/aromatic N) is 1. The van der Waals surface area contributed by atoms with Crippen molar-refractivity contribution in [2.45, 2.75) is 56.8 Å². The van der Waals surface area contributed by atoms with E-state index in [4.69, 9.17) is 4.74 Å². The molecule has 138 valence electrons. The molecule has 0 unspecified atom stereocenters. The number of aliphatic hydroxyl groups is 1. The van der Waals surface area contributed by atoms with Crippen LogP contribution in [0.3, 0.4) is 0 Å². The average molecular weight is 341 g/mol. The Kier molecular flexibility index (Phi) is 7.45. The molecule has 2 fully saturated rings. The zero-order valence-electron chi connectivity index (χ0n) is 14.8. The van der Waals surface area contributed by atoms with Gasteiger partial charge in [0.15, 0.2) is 0 Å². The first-order valence-corrected chi connectivity index (χ1v) is 8.97. The molecule has 1 aliphatic heterocycles. The third-order valence-electron chi connectivity index (χ3n) is 4.84. The highest BCUT2D eigenvalue weighted by Gasteiger charge is 2.32. The van der Waals surface area contributed by atoms with Crippen molar-refractivity contribution in [3.63, 3.8) is 0 Å². The Morgan fingerprint density at radius 3 is 2.54 bits per heavy atom. The molecule has 0 aromatic rings.